The molecule has 0 aliphatic carbocycles. The lowest BCUT2D eigenvalue weighted by Crippen LogP contribution is -2.38. The Morgan fingerprint density at radius 1 is 1.22 bits per heavy atom. The number of amides is 1. The second-order valence-corrected chi connectivity index (χ2v) is 6.74. The number of hydrogen-bond donors (Lipinski definition) is 1. The van der Waals surface area contributed by atoms with Gasteiger partial charge in [-0.1, -0.05) is 13.3 Å². The first kappa shape index (κ1) is 19.1. The summed E-state index contributed by atoms with van der Waals surface area (Å²) in [5.41, 5.74) is 0.992. The molecule has 1 aliphatic rings. The van der Waals surface area contributed by atoms with Crippen LogP contribution >= 0.6 is 0 Å². The van der Waals surface area contributed by atoms with E-state index in [1.165, 1.54) is 11.0 Å². The molecule has 1 aliphatic heterocycles. The Morgan fingerprint density at radius 3 is 2.74 bits per heavy atom. The molecule has 2 aromatic rings. The number of aryl methyl sites for hydroxylation is 1. The number of aromatic nitrogens is 5. The van der Waals surface area contributed by atoms with Crippen LogP contribution in [0.4, 0.5) is 0 Å². The lowest BCUT2D eigenvalue weighted by atomic mass is 10.1. The average Bonchev–Trinajstić information content (AvgIpc) is 2.83. The molecule has 3 rings (SSSR count). The highest BCUT2D eigenvalue weighted by Crippen LogP contribution is 2.10. The van der Waals surface area contributed by atoms with Gasteiger partial charge in [-0.05, 0) is 19.8 Å². The van der Waals surface area contributed by atoms with Crippen LogP contribution in [0.25, 0.3) is 0 Å². The summed E-state index contributed by atoms with van der Waals surface area (Å²) < 4.78 is 2.89. The number of rotatable bonds is 6. The Morgan fingerprint density at radius 2 is 2.00 bits per heavy atom. The van der Waals surface area contributed by atoms with E-state index < -0.39 is 0 Å². The lowest BCUT2D eigenvalue weighted by Gasteiger charge is -2.19. The molecule has 0 spiro atoms. The van der Waals surface area contributed by atoms with Gasteiger partial charge < -0.3 is 9.88 Å². The zero-order chi connectivity index (χ0) is 19.4. The fraction of sp³-hybridized carbons (Fsp3) is 0.611. The monoisotopic (exact) mass is 374 g/mol. The minimum atomic E-state index is -0.242. The fourth-order valence-electron chi connectivity index (χ4n) is 3.44. The topological polar surface area (TPSA) is 106 Å². The summed E-state index contributed by atoms with van der Waals surface area (Å²) in [6.07, 6.45) is 5.10. The first-order valence-electron chi connectivity index (χ1n) is 9.54. The molecule has 9 heteroatoms. The Bertz CT molecular complexity index is 926. The highest BCUT2D eigenvalue weighted by Gasteiger charge is 2.22. The van der Waals surface area contributed by atoms with E-state index in [9.17, 15) is 14.4 Å². The van der Waals surface area contributed by atoms with E-state index >= 15 is 0 Å². The molecule has 1 N–H and O–H groups in total. The number of aromatic amines is 1. The maximum Gasteiger partial charge on any atom is 0.346 e. The van der Waals surface area contributed by atoms with Crippen LogP contribution in [0.3, 0.4) is 0 Å². The van der Waals surface area contributed by atoms with E-state index in [4.69, 9.17) is 0 Å². The second kappa shape index (κ2) is 8.32. The Hall–Kier alpha value is -2.71. The quantitative estimate of drug-likeness (QED) is 0.773. The predicted octanol–water partition coefficient (Wildman–Crippen LogP) is 0.118. The minimum Gasteiger partial charge on any atom is -0.340 e. The summed E-state index contributed by atoms with van der Waals surface area (Å²) in [5, 5.41) is 4.38. The summed E-state index contributed by atoms with van der Waals surface area (Å²) in [7, 11) is 0. The summed E-state index contributed by atoms with van der Waals surface area (Å²) >= 11 is 0. The van der Waals surface area contributed by atoms with Crippen molar-refractivity contribution in [3.05, 3.63) is 44.2 Å². The van der Waals surface area contributed by atoms with E-state index in [1.807, 2.05) is 6.92 Å². The van der Waals surface area contributed by atoms with Crippen molar-refractivity contribution in [2.45, 2.75) is 59.0 Å². The number of H-pyrrole nitrogens is 1. The third kappa shape index (κ3) is 4.01. The van der Waals surface area contributed by atoms with Crippen LogP contribution < -0.4 is 11.2 Å². The van der Waals surface area contributed by atoms with Crippen LogP contribution in [-0.4, -0.2) is 48.2 Å². The van der Waals surface area contributed by atoms with Gasteiger partial charge in [-0.2, -0.15) is 5.10 Å². The molecule has 0 unspecified atom stereocenters. The third-order valence-electron chi connectivity index (χ3n) is 5.00. The van der Waals surface area contributed by atoms with Crippen LogP contribution in [0, 0.1) is 0 Å². The fourth-order valence-corrected chi connectivity index (χ4v) is 3.44. The van der Waals surface area contributed by atoms with E-state index in [0.29, 0.717) is 38.0 Å². The van der Waals surface area contributed by atoms with Gasteiger partial charge in [0, 0.05) is 38.0 Å². The van der Waals surface area contributed by atoms with Gasteiger partial charge in [0.1, 0.15) is 12.4 Å². The lowest BCUT2D eigenvalue weighted by molar-refractivity contribution is -0.132. The smallest absolute Gasteiger partial charge is 0.340 e. The van der Waals surface area contributed by atoms with Gasteiger partial charge in [-0.3, -0.25) is 14.2 Å². The number of fused-ring (bicyclic) bond motifs is 1. The molecule has 1 amide bonds. The molecule has 0 atom stereocenters. The molecule has 0 saturated carbocycles. The zero-order valence-electron chi connectivity index (χ0n) is 15.9. The number of carbonyl (C=O) groups excluding carboxylic acids is 1. The maximum absolute atomic E-state index is 12.7. The minimum absolute atomic E-state index is 0.0783. The maximum atomic E-state index is 12.7. The van der Waals surface area contributed by atoms with Gasteiger partial charge in [0.05, 0.1) is 12.0 Å². The Kier molecular flexibility index (Phi) is 5.88. The third-order valence-corrected chi connectivity index (χ3v) is 5.00. The summed E-state index contributed by atoms with van der Waals surface area (Å²) in [6.45, 7) is 5.37. The number of unbranched alkanes of at least 4 members (excludes halogenated alkanes) is 1. The van der Waals surface area contributed by atoms with E-state index in [0.717, 1.165) is 30.8 Å². The van der Waals surface area contributed by atoms with Crippen LogP contribution in [0.15, 0.2) is 15.9 Å². The van der Waals surface area contributed by atoms with Gasteiger partial charge in [0.25, 0.3) is 5.56 Å². The molecule has 0 aromatic carbocycles. The van der Waals surface area contributed by atoms with Crippen molar-refractivity contribution in [2.24, 2.45) is 0 Å². The molecule has 9 nitrogen and oxygen atoms in total. The number of hydrogen-bond acceptors (Lipinski definition) is 5. The van der Waals surface area contributed by atoms with Crippen molar-refractivity contribution in [1.29, 1.82) is 0 Å². The highest BCUT2D eigenvalue weighted by molar-refractivity contribution is 5.76. The molecule has 0 bridgehead atoms. The van der Waals surface area contributed by atoms with Gasteiger partial charge in [-0.25, -0.2) is 14.5 Å². The molecule has 0 fully saturated rings. The molecule has 0 radical (unpaired) electrons. The Balaban J connectivity index is 1.73. The van der Waals surface area contributed by atoms with Crippen molar-refractivity contribution < 1.29 is 4.79 Å². The van der Waals surface area contributed by atoms with Crippen molar-refractivity contribution in [2.75, 3.05) is 13.1 Å². The van der Waals surface area contributed by atoms with E-state index in [2.05, 4.69) is 22.0 Å². The molecule has 2 aromatic heterocycles. The van der Waals surface area contributed by atoms with Crippen LogP contribution in [-0.2, 0) is 37.1 Å². The first-order chi connectivity index (χ1) is 13.0. The molecular weight excluding hydrogens is 348 g/mol. The zero-order valence-corrected chi connectivity index (χ0v) is 15.9. The summed E-state index contributed by atoms with van der Waals surface area (Å²) in [4.78, 5) is 45.7. The predicted molar refractivity (Wildman–Crippen MR) is 99.6 cm³/mol. The van der Waals surface area contributed by atoms with Crippen molar-refractivity contribution >= 4 is 5.91 Å². The molecular formula is C18H26N6O3. The van der Waals surface area contributed by atoms with Gasteiger partial charge in [0.15, 0.2) is 0 Å². The summed E-state index contributed by atoms with van der Waals surface area (Å²) in [6, 6.07) is 0. The molecule has 27 heavy (non-hydrogen) atoms. The molecule has 146 valence electrons. The van der Waals surface area contributed by atoms with Crippen LogP contribution in [0.1, 0.15) is 43.8 Å². The van der Waals surface area contributed by atoms with Crippen LogP contribution in [0.5, 0.6) is 0 Å². The number of carbonyl (C=O) groups is 1. The second-order valence-electron chi connectivity index (χ2n) is 6.74. The number of nitrogens with zero attached hydrogens (tertiary/aromatic N) is 5. The van der Waals surface area contributed by atoms with Crippen molar-refractivity contribution in [3.63, 3.8) is 0 Å². The SMILES string of the molecule is CCCCc1nn(CC(=O)N2CCc3nc[nH]c(=O)c3CC2)c(=O)n1CC. The normalized spacial score (nSPS) is 14.1. The summed E-state index contributed by atoms with van der Waals surface area (Å²) in [5.74, 6) is 0.570. The van der Waals surface area contributed by atoms with Crippen LogP contribution in [0.2, 0.25) is 0 Å². The number of nitrogens with one attached hydrogen (secondary N) is 1. The molecule has 0 saturated heterocycles. The van der Waals surface area contributed by atoms with E-state index in [-0.39, 0.29) is 23.7 Å². The van der Waals surface area contributed by atoms with Gasteiger partial charge in [0.2, 0.25) is 5.91 Å². The van der Waals surface area contributed by atoms with Crippen molar-refractivity contribution in [1.82, 2.24) is 29.2 Å². The van der Waals surface area contributed by atoms with E-state index in [1.54, 1.807) is 9.47 Å². The highest BCUT2D eigenvalue weighted by atomic mass is 16.2. The van der Waals surface area contributed by atoms with Gasteiger partial charge in [-0.15, -0.1) is 0 Å². The van der Waals surface area contributed by atoms with Gasteiger partial charge >= 0.3 is 5.69 Å². The first-order valence-corrected chi connectivity index (χ1v) is 9.54. The average molecular weight is 374 g/mol. The Labute approximate surface area is 157 Å². The standard InChI is InChI=1S/C18H26N6O3/c1-3-5-6-15-21-24(18(27)23(15)4-2)11-16(25)22-9-7-13-14(8-10-22)19-12-20-17(13)26/h12H,3-11H2,1-2H3,(H,19,20,26). The molecule has 3 heterocycles. The largest absolute Gasteiger partial charge is 0.346 e. The van der Waals surface area contributed by atoms with Crippen molar-refractivity contribution in [3.8, 4) is 0 Å².